The highest BCUT2D eigenvalue weighted by molar-refractivity contribution is 5.94. The number of aromatic nitrogens is 1. The molecule has 1 heterocycles. The number of rotatable bonds is 6. The van der Waals surface area contributed by atoms with Gasteiger partial charge in [-0.15, -0.1) is 0 Å². The van der Waals surface area contributed by atoms with Gasteiger partial charge in [-0.1, -0.05) is 6.07 Å². The molecule has 1 amide bonds. The third-order valence-corrected chi connectivity index (χ3v) is 4.64. The lowest BCUT2D eigenvalue weighted by molar-refractivity contribution is -0.142. The molecule has 0 spiro atoms. The molecule has 5 nitrogen and oxygen atoms in total. The summed E-state index contributed by atoms with van der Waals surface area (Å²) in [6.45, 7) is 5.29. The minimum atomic E-state index is -0.600. The minimum Gasteiger partial charge on any atom is -0.452 e. The van der Waals surface area contributed by atoms with Gasteiger partial charge in [0.25, 0.3) is 5.91 Å². The highest BCUT2D eigenvalue weighted by Crippen LogP contribution is 2.38. The van der Waals surface area contributed by atoms with Gasteiger partial charge in [0.2, 0.25) is 0 Å². The van der Waals surface area contributed by atoms with Crippen LogP contribution < -0.4 is 5.32 Å². The Balaban J connectivity index is 1.52. The van der Waals surface area contributed by atoms with E-state index in [1.54, 1.807) is 25.1 Å². The zero-order valence-corrected chi connectivity index (χ0v) is 15.7. The summed E-state index contributed by atoms with van der Waals surface area (Å²) < 4.78 is 20.7. The van der Waals surface area contributed by atoms with E-state index in [0.29, 0.717) is 17.3 Å². The van der Waals surface area contributed by atoms with Gasteiger partial charge in [0.1, 0.15) is 5.82 Å². The number of hydrogen-bond acceptors (Lipinski definition) is 3. The molecule has 27 heavy (non-hydrogen) atoms. The van der Waals surface area contributed by atoms with Crippen LogP contribution in [0.3, 0.4) is 0 Å². The van der Waals surface area contributed by atoms with E-state index in [1.807, 2.05) is 13.0 Å². The molecule has 3 rings (SSSR count). The molecule has 0 radical (unpaired) electrons. The average molecular weight is 370 g/mol. The maximum Gasteiger partial charge on any atom is 0.331 e. The molecule has 0 atom stereocenters. The Kier molecular flexibility index (Phi) is 5.44. The molecule has 0 aliphatic heterocycles. The third-order valence-electron chi connectivity index (χ3n) is 4.64. The highest BCUT2D eigenvalue weighted by atomic mass is 19.1. The van der Waals surface area contributed by atoms with E-state index in [0.717, 1.165) is 11.3 Å². The van der Waals surface area contributed by atoms with Gasteiger partial charge in [-0.2, -0.15) is 0 Å². The van der Waals surface area contributed by atoms with Crippen LogP contribution >= 0.6 is 0 Å². The Morgan fingerprint density at radius 2 is 2.00 bits per heavy atom. The molecule has 0 saturated heterocycles. The first-order chi connectivity index (χ1) is 12.8. The van der Waals surface area contributed by atoms with E-state index in [1.165, 1.54) is 30.7 Å². The fraction of sp³-hybridized carbons (Fsp3) is 0.333. The van der Waals surface area contributed by atoms with E-state index in [2.05, 4.69) is 16.8 Å². The Hall–Kier alpha value is -2.89. The molecule has 142 valence electrons. The maximum absolute atomic E-state index is 13.5. The molecule has 1 fully saturated rings. The maximum atomic E-state index is 13.5. The molecule has 2 aromatic rings. The Bertz CT molecular complexity index is 910. The molecule has 0 bridgehead atoms. The van der Waals surface area contributed by atoms with Crippen LogP contribution in [0.25, 0.3) is 6.08 Å². The van der Waals surface area contributed by atoms with Crippen LogP contribution in [0, 0.1) is 26.6 Å². The first-order valence-electron chi connectivity index (χ1n) is 8.94. The summed E-state index contributed by atoms with van der Waals surface area (Å²) in [4.78, 5) is 23.7. The van der Waals surface area contributed by atoms with Crippen molar-refractivity contribution in [3.8, 4) is 0 Å². The summed E-state index contributed by atoms with van der Waals surface area (Å²) in [6.07, 6.45) is 5.41. The van der Waals surface area contributed by atoms with Crippen molar-refractivity contribution in [2.75, 3.05) is 11.9 Å². The molecular formula is C21H23FN2O3. The number of nitrogens with zero attached hydrogens (tertiary/aromatic N) is 1. The van der Waals surface area contributed by atoms with Crippen molar-refractivity contribution in [2.24, 2.45) is 0 Å². The lowest BCUT2D eigenvalue weighted by Crippen LogP contribution is -2.20. The summed E-state index contributed by atoms with van der Waals surface area (Å²) in [5.41, 5.74) is 4.08. The van der Waals surface area contributed by atoms with Gasteiger partial charge in [0.05, 0.1) is 0 Å². The van der Waals surface area contributed by atoms with Gasteiger partial charge >= 0.3 is 5.97 Å². The Labute approximate surface area is 157 Å². The molecule has 1 aliphatic carbocycles. The quantitative estimate of drug-likeness (QED) is 0.616. The lowest BCUT2D eigenvalue weighted by atomic mass is 10.2. The number of carbonyl (C=O) groups excluding carboxylic acids is 2. The largest absolute Gasteiger partial charge is 0.452 e. The van der Waals surface area contributed by atoms with Gasteiger partial charge in [0, 0.05) is 29.2 Å². The monoisotopic (exact) mass is 370 g/mol. The molecule has 1 aromatic heterocycles. The number of benzene rings is 1. The van der Waals surface area contributed by atoms with Crippen molar-refractivity contribution in [3.63, 3.8) is 0 Å². The SMILES string of the molecule is Cc1ccc(NC(=O)COC(=O)/C=C/c2cc(C)n(C3CC3)c2C)cc1F. The lowest BCUT2D eigenvalue weighted by Gasteiger charge is -2.07. The standard InChI is InChI=1S/C21H23FN2O3/c1-13-4-6-17(11-19(13)22)23-20(25)12-27-21(26)9-5-16-10-14(2)24(15(16)3)18-7-8-18/h4-6,9-11,18H,7-8,12H2,1-3H3,(H,23,25)/b9-5+. The summed E-state index contributed by atoms with van der Waals surface area (Å²) >= 11 is 0. The van der Waals surface area contributed by atoms with Crippen LogP contribution in [0.1, 0.15) is 41.4 Å². The second-order valence-corrected chi connectivity index (χ2v) is 6.88. The number of anilines is 1. The zero-order chi connectivity index (χ0) is 19.6. The topological polar surface area (TPSA) is 60.3 Å². The van der Waals surface area contributed by atoms with Gasteiger partial charge in [-0.25, -0.2) is 9.18 Å². The number of nitrogens with one attached hydrogen (secondary N) is 1. The van der Waals surface area contributed by atoms with Crippen LogP contribution in [0.4, 0.5) is 10.1 Å². The highest BCUT2D eigenvalue weighted by Gasteiger charge is 2.26. The van der Waals surface area contributed by atoms with Crippen molar-refractivity contribution in [3.05, 3.63) is 58.7 Å². The molecule has 1 saturated carbocycles. The number of amides is 1. The van der Waals surface area contributed by atoms with Crippen LogP contribution in [0.15, 0.2) is 30.3 Å². The number of aryl methyl sites for hydroxylation is 2. The Morgan fingerprint density at radius 1 is 1.26 bits per heavy atom. The first-order valence-corrected chi connectivity index (χ1v) is 8.94. The molecule has 1 aliphatic rings. The number of carbonyl (C=O) groups is 2. The van der Waals surface area contributed by atoms with E-state index in [-0.39, 0.29) is 0 Å². The molecular weight excluding hydrogens is 347 g/mol. The van der Waals surface area contributed by atoms with Crippen molar-refractivity contribution < 1.29 is 18.7 Å². The number of hydrogen-bond donors (Lipinski definition) is 1. The van der Waals surface area contributed by atoms with E-state index in [4.69, 9.17) is 4.74 Å². The summed E-state index contributed by atoms with van der Waals surface area (Å²) in [5.74, 6) is -1.53. The molecule has 0 unspecified atom stereocenters. The van der Waals surface area contributed by atoms with Crippen molar-refractivity contribution in [1.82, 2.24) is 4.57 Å². The molecule has 6 heteroatoms. The first kappa shape index (κ1) is 18.9. The van der Waals surface area contributed by atoms with Crippen molar-refractivity contribution in [1.29, 1.82) is 0 Å². The van der Waals surface area contributed by atoms with Crippen LogP contribution in [0.2, 0.25) is 0 Å². The second-order valence-electron chi connectivity index (χ2n) is 6.88. The van der Waals surface area contributed by atoms with Crippen LogP contribution in [0.5, 0.6) is 0 Å². The normalized spacial score (nSPS) is 13.8. The van der Waals surface area contributed by atoms with Crippen LogP contribution in [-0.4, -0.2) is 23.1 Å². The Morgan fingerprint density at radius 3 is 2.67 bits per heavy atom. The molecule has 1 N–H and O–H groups in total. The van der Waals surface area contributed by atoms with Gasteiger partial charge in [-0.3, -0.25) is 4.79 Å². The number of ether oxygens (including phenoxy) is 1. The summed E-state index contributed by atoms with van der Waals surface area (Å²) in [7, 11) is 0. The zero-order valence-electron chi connectivity index (χ0n) is 15.7. The van der Waals surface area contributed by atoms with Crippen molar-refractivity contribution in [2.45, 2.75) is 39.7 Å². The van der Waals surface area contributed by atoms with E-state index < -0.39 is 24.3 Å². The van der Waals surface area contributed by atoms with Gasteiger partial charge in [-0.05, 0) is 69.0 Å². The second kappa shape index (κ2) is 7.78. The van der Waals surface area contributed by atoms with E-state index >= 15 is 0 Å². The predicted molar refractivity (Wildman–Crippen MR) is 102 cm³/mol. The summed E-state index contributed by atoms with van der Waals surface area (Å²) in [5, 5.41) is 2.49. The number of esters is 1. The minimum absolute atomic E-state index is 0.321. The number of halogens is 1. The van der Waals surface area contributed by atoms with E-state index in [9.17, 15) is 14.0 Å². The van der Waals surface area contributed by atoms with Crippen molar-refractivity contribution >= 4 is 23.6 Å². The fourth-order valence-corrected chi connectivity index (χ4v) is 3.08. The van der Waals surface area contributed by atoms with Gasteiger partial charge < -0.3 is 14.6 Å². The van der Waals surface area contributed by atoms with Gasteiger partial charge in [0.15, 0.2) is 6.61 Å². The smallest absolute Gasteiger partial charge is 0.331 e. The average Bonchev–Trinajstić information content (AvgIpc) is 3.40. The summed E-state index contributed by atoms with van der Waals surface area (Å²) in [6, 6.07) is 7.00. The van der Waals surface area contributed by atoms with Crippen LogP contribution in [-0.2, 0) is 14.3 Å². The third kappa shape index (κ3) is 4.64. The predicted octanol–water partition coefficient (Wildman–Crippen LogP) is 4.08. The molecule has 1 aromatic carbocycles. The fourth-order valence-electron chi connectivity index (χ4n) is 3.08.